The number of hydrogen-bond acceptors (Lipinski definition) is 8. The molecule has 0 spiro atoms. The SMILES string of the molecule is Cc1nc(C)c(C2c3c(nc4n3CCCC4)CCN2C(=O)COc2ccc(N3CCN(C)CC3)nc2Cl)s1. The number of carbonyl (C=O) groups excluding carboxylic acids is 1. The number of ether oxygens (including phenoxy) is 1. The minimum Gasteiger partial charge on any atom is -0.481 e. The molecule has 3 aromatic heterocycles. The Labute approximate surface area is 232 Å². The number of nitrogens with zero attached hydrogens (tertiary/aromatic N) is 7. The summed E-state index contributed by atoms with van der Waals surface area (Å²) in [5, 5.41) is 1.29. The number of likely N-dealkylation sites (N-methyl/N-ethyl adjacent to an activating group) is 1. The van der Waals surface area contributed by atoms with Crippen LogP contribution in [-0.2, 0) is 24.2 Å². The Balaban J connectivity index is 1.23. The monoisotopic (exact) mass is 555 g/mol. The van der Waals surface area contributed by atoms with Crippen LogP contribution in [0.25, 0.3) is 0 Å². The van der Waals surface area contributed by atoms with Gasteiger partial charge in [0.15, 0.2) is 17.5 Å². The van der Waals surface area contributed by atoms with Crippen LogP contribution in [-0.4, -0.2) is 81.6 Å². The van der Waals surface area contributed by atoms with Crippen LogP contribution in [0.4, 0.5) is 5.82 Å². The van der Waals surface area contributed by atoms with Gasteiger partial charge in [-0.25, -0.2) is 15.0 Å². The maximum atomic E-state index is 13.7. The molecule has 6 rings (SSSR count). The lowest BCUT2D eigenvalue weighted by Crippen LogP contribution is -2.44. The number of thiazole rings is 1. The first-order valence-electron chi connectivity index (χ1n) is 13.4. The maximum Gasteiger partial charge on any atom is 0.261 e. The maximum absolute atomic E-state index is 13.7. The van der Waals surface area contributed by atoms with E-state index in [9.17, 15) is 4.79 Å². The van der Waals surface area contributed by atoms with Crippen molar-refractivity contribution in [2.75, 3.05) is 51.3 Å². The number of carbonyl (C=O) groups is 1. The number of pyridine rings is 1. The summed E-state index contributed by atoms with van der Waals surface area (Å²) in [4.78, 5) is 35.6. The topological polar surface area (TPSA) is 79.6 Å². The van der Waals surface area contributed by atoms with Crippen molar-refractivity contribution >= 4 is 34.7 Å². The van der Waals surface area contributed by atoms with Gasteiger partial charge in [-0.3, -0.25) is 4.79 Å². The van der Waals surface area contributed by atoms with E-state index in [2.05, 4.69) is 26.4 Å². The van der Waals surface area contributed by atoms with Gasteiger partial charge in [-0.05, 0) is 45.9 Å². The van der Waals surface area contributed by atoms with E-state index in [1.807, 2.05) is 30.9 Å². The number of hydrogen-bond donors (Lipinski definition) is 0. The molecule has 9 nitrogen and oxygen atoms in total. The molecule has 6 heterocycles. The third kappa shape index (κ3) is 4.78. The van der Waals surface area contributed by atoms with E-state index >= 15 is 0 Å². The van der Waals surface area contributed by atoms with Gasteiger partial charge in [0.2, 0.25) is 0 Å². The van der Waals surface area contributed by atoms with Gasteiger partial charge in [0.25, 0.3) is 5.91 Å². The number of amides is 1. The van der Waals surface area contributed by atoms with E-state index in [0.29, 0.717) is 12.3 Å². The molecule has 0 N–H and O–H groups in total. The number of aromatic nitrogens is 4. The fourth-order valence-electron chi connectivity index (χ4n) is 5.84. The molecule has 0 bridgehead atoms. The number of halogens is 1. The predicted molar refractivity (Wildman–Crippen MR) is 148 cm³/mol. The molecule has 1 fully saturated rings. The summed E-state index contributed by atoms with van der Waals surface area (Å²) < 4.78 is 8.32. The van der Waals surface area contributed by atoms with Gasteiger partial charge in [-0.15, -0.1) is 11.3 Å². The molecule has 1 saturated heterocycles. The first-order chi connectivity index (χ1) is 18.4. The zero-order valence-corrected chi connectivity index (χ0v) is 23.8. The minimum absolute atomic E-state index is 0.0725. The van der Waals surface area contributed by atoms with Crippen molar-refractivity contribution in [1.82, 2.24) is 29.3 Å². The van der Waals surface area contributed by atoms with Crippen molar-refractivity contribution in [2.24, 2.45) is 0 Å². The van der Waals surface area contributed by atoms with Gasteiger partial charge in [0.1, 0.15) is 17.7 Å². The van der Waals surface area contributed by atoms with Crippen molar-refractivity contribution < 1.29 is 9.53 Å². The van der Waals surface area contributed by atoms with Crippen LogP contribution < -0.4 is 9.64 Å². The lowest BCUT2D eigenvalue weighted by molar-refractivity contribution is -0.135. The summed E-state index contributed by atoms with van der Waals surface area (Å²) in [5.41, 5.74) is 3.25. The van der Waals surface area contributed by atoms with E-state index < -0.39 is 0 Å². The zero-order chi connectivity index (χ0) is 26.4. The third-order valence-electron chi connectivity index (χ3n) is 7.84. The van der Waals surface area contributed by atoms with Gasteiger partial charge in [0.05, 0.1) is 27.0 Å². The Hall–Kier alpha value is -2.69. The molecule has 0 aromatic carbocycles. The lowest BCUT2D eigenvalue weighted by Gasteiger charge is -2.36. The smallest absolute Gasteiger partial charge is 0.261 e. The van der Waals surface area contributed by atoms with Crippen molar-refractivity contribution in [3.05, 3.63) is 50.1 Å². The second-order valence-electron chi connectivity index (χ2n) is 10.4. The molecule has 0 aliphatic carbocycles. The Kier molecular flexibility index (Phi) is 7.05. The number of piperazine rings is 1. The minimum atomic E-state index is -0.200. The molecule has 3 aliphatic rings. The Morgan fingerprint density at radius 1 is 1.05 bits per heavy atom. The molecule has 1 atom stereocenters. The highest BCUT2D eigenvalue weighted by Gasteiger charge is 2.39. The van der Waals surface area contributed by atoms with E-state index in [-0.39, 0.29) is 23.7 Å². The molecular weight excluding hydrogens is 522 g/mol. The number of anilines is 1. The lowest BCUT2D eigenvalue weighted by atomic mass is 9.99. The van der Waals surface area contributed by atoms with E-state index in [1.165, 1.54) is 0 Å². The fourth-order valence-corrected chi connectivity index (χ4v) is 7.09. The molecule has 202 valence electrons. The Morgan fingerprint density at radius 3 is 2.61 bits per heavy atom. The number of imidazole rings is 1. The number of fused-ring (bicyclic) bond motifs is 3. The molecule has 1 amide bonds. The average Bonchev–Trinajstić information content (AvgIpc) is 3.46. The molecular formula is C27H34ClN7O2S. The summed E-state index contributed by atoms with van der Waals surface area (Å²) in [6.07, 6.45) is 4.04. The number of rotatable bonds is 5. The van der Waals surface area contributed by atoms with E-state index in [0.717, 1.165) is 97.0 Å². The summed E-state index contributed by atoms with van der Waals surface area (Å²) >= 11 is 8.18. The van der Waals surface area contributed by atoms with Crippen molar-refractivity contribution in [3.63, 3.8) is 0 Å². The molecule has 1 unspecified atom stereocenters. The second-order valence-corrected chi connectivity index (χ2v) is 12.0. The van der Waals surface area contributed by atoms with Crippen LogP contribution in [0.2, 0.25) is 5.15 Å². The summed E-state index contributed by atoms with van der Waals surface area (Å²) in [6.45, 7) is 9.30. The van der Waals surface area contributed by atoms with Gasteiger partial charge < -0.3 is 24.0 Å². The van der Waals surface area contributed by atoms with Gasteiger partial charge >= 0.3 is 0 Å². The highest BCUT2D eigenvalue weighted by Crippen LogP contribution is 2.41. The van der Waals surface area contributed by atoms with Gasteiger partial charge in [-0.2, -0.15) is 0 Å². The Bertz CT molecular complexity index is 1350. The van der Waals surface area contributed by atoms with Gasteiger partial charge in [-0.1, -0.05) is 11.6 Å². The van der Waals surface area contributed by atoms with Crippen LogP contribution in [0.3, 0.4) is 0 Å². The van der Waals surface area contributed by atoms with Crippen LogP contribution in [0.1, 0.15) is 51.7 Å². The van der Waals surface area contributed by atoms with Crippen LogP contribution in [0, 0.1) is 13.8 Å². The first-order valence-corrected chi connectivity index (χ1v) is 14.6. The molecule has 38 heavy (non-hydrogen) atoms. The predicted octanol–water partition coefficient (Wildman–Crippen LogP) is 3.65. The van der Waals surface area contributed by atoms with Crippen molar-refractivity contribution in [1.29, 1.82) is 0 Å². The average molecular weight is 556 g/mol. The van der Waals surface area contributed by atoms with Gasteiger partial charge in [0, 0.05) is 52.1 Å². The zero-order valence-electron chi connectivity index (χ0n) is 22.2. The quantitative estimate of drug-likeness (QED) is 0.445. The normalized spacial score (nSPS) is 19.8. The standard InChI is InChI=1S/C27H34ClN7O2S/c1-17-26(38-18(2)29-17)25-24-19(30-22-6-4-5-10-34(22)24)9-11-35(25)23(36)16-37-20-7-8-21(31-27(20)28)33-14-12-32(3)13-15-33/h7-8,25H,4-6,9-16H2,1-3H3. The first kappa shape index (κ1) is 25.6. The summed E-state index contributed by atoms with van der Waals surface area (Å²) in [6, 6.07) is 3.55. The molecule has 0 radical (unpaired) electrons. The van der Waals surface area contributed by atoms with E-state index in [1.54, 1.807) is 11.3 Å². The third-order valence-corrected chi connectivity index (χ3v) is 9.24. The second kappa shape index (κ2) is 10.5. The largest absolute Gasteiger partial charge is 0.481 e. The highest BCUT2D eigenvalue weighted by atomic mass is 35.5. The Morgan fingerprint density at radius 2 is 1.87 bits per heavy atom. The summed E-state index contributed by atoms with van der Waals surface area (Å²) in [5.74, 6) is 2.34. The fraction of sp³-hybridized carbons (Fsp3) is 0.556. The van der Waals surface area contributed by atoms with Crippen LogP contribution >= 0.6 is 22.9 Å². The van der Waals surface area contributed by atoms with Crippen LogP contribution in [0.5, 0.6) is 5.75 Å². The molecule has 3 aliphatic heterocycles. The summed E-state index contributed by atoms with van der Waals surface area (Å²) in [7, 11) is 2.12. The molecule has 3 aromatic rings. The van der Waals surface area contributed by atoms with E-state index in [4.69, 9.17) is 26.3 Å². The van der Waals surface area contributed by atoms with Crippen LogP contribution in [0.15, 0.2) is 12.1 Å². The highest BCUT2D eigenvalue weighted by molar-refractivity contribution is 7.11. The molecule has 0 saturated carbocycles. The number of aryl methyl sites for hydroxylation is 3. The van der Waals surface area contributed by atoms with Crippen molar-refractivity contribution in [2.45, 2.75) is 52.1 Å². The van der Waals surface area contributed by atoms with Crippen molar-refractivity contribution in [3.8, 4) is 5.75 Å². The molecule has 11 heteroatoms.